The van der Waals surface area contributed by atoms with Crippen LogP contribution in [-0.2, 0) is 0 Å². The highest BCUT2D eigenvalue weighted by molar-refractivity contribution is 5.07. The Kier molecular flexibility index (Phi) is 4.08. The summed E-state index contributed by atoms with van der Waals surface area (Å²) in [6.07, 6.45) is 1.84. The highest BCUT2D eigenvalue weighted by Gasteiger charge is 2.12. The van der Waals surface area contributed by atoms with Crippen molar-refractivity contribution in [2.75, 3.05) is 0 Å². The molecule has 2 heteroatoms. The molecule has 78 valence electrons. The second-order valence-electron chi connectivity index (χ2n) is 4.18. The minimum atomic E-state index is 0.327. The second kappa shape index (κ2) is 5.11. The van der Waals surface area contributed by atoms with Gasteiger partial charge in [0.05, 0.1) is 5.69 Å². The first-order valence-electron chi connectivity index (χ1n) is 5.28. The molecule has 0 amide bonds. The van der Waals surface area contributed by atoms with Gasteiger partial charge in [-0.25, -0.2) is 0 Å². The Hall–Kier alpha value is -0.890. The average Bonchev–Trinajstić information content (AvgIpc) is 2.19. The van der Waals surface area contributed by atoms with Crippen molar-refractivity contribution in [1.29, 1.82) is 0 Å². The van der Waals surface area contributed by atoms with Crippen molar-refractivity contribution in [2.24, 2.45) is 5.92 Å². The fourth-order valence-electron chi connectivity index (χ4n) is 1.30. The van der Waals surface area contributed by atoms with Gasteiger partial charge in [0.15, 0.2) is 0 Å². The first-order chi connectivity index (χ1) is 6.61. The number of nitrogens with one attached hydrogen (secondary N) is 1. The maximum atomic E-state index is 4.33. The third-order valence-electron chi connectivity index (χ3n) is 2.64. The molecule has 0 saturated heterocycles. The lowest BCUT2D eigenvalue weighted by atomic mass is 10.0. The predicted octanol–water partition coefficient (Wildman–Crippen LogP) is 2.78. The molecule has 2 atom stereocenters. The van der Waals surface area contributed by atoms with Crippen LogP contribution in [0.15, 0.2) is 24.4 Å². The maximum Gasteiger partial charge on any atom is 0.0570 e. The van der Waals surface area contributed by atoms with Crippen LogP contribution in [0.3, 0.4) is 0 Å². The lowest BCUT2D eigenvalue weighted by Crippen LogP contribution is -2.33. The number of pyridine rings is 1. The summed E-state index contributed by atoms with van der Waals surface area (Å²) in [4.78, 5) is 4.33. The second-order valence-corrected chi connectivity index (χ2v) is 4.18. The van der Waals surface area contributed by atoms with E-state index in [2.05, 4.69) is 44.1 Å². The number of aromatic nitrogens is 1. The van der Waals surface area contributed by atoms with Crippen LogP contribution >= 0.6 is 0 Å². The lowest BCUT2D eigenvalue weighted by molar-refractivity contribution is 0.385. The van der Waals surface area contributed by atoms with E-state index in [9.17, 15) is 0 Å². The fourth-order valence-corrected chi connectivity index (χ4v) is 1.30. The molecule has 0 radical (unpaired) electrons. The smallest absolute Gasteiger partial charge is 0.0570 e. The Morgan fingerprint density at radius 2 is 1.86 bits per heavy atom. The van der Waals surface area contributed by atoms with Crippen LogP contribution in [0.1, 0.15) is 39.4 Å². The van der Waals surface area contributed by atoms with Gasteiger partial charge in [-0.1, -0.05) is 19.9 Å². The molecule has 0 aliphatic rings. The maximum absolute atomic E-state index is 4.33. The lowest BCUT2D eigenvalue weighted by Gasteiger charge is -2.22. The molecule has 0 aliphatic carbocycles. The molecule has 1 aromatic heterocycles. The minimum absolute atomic E-state index is 0.327. The zero-order valence-electron chi connectivity index (χ0n) is 9.49. The molecular formula is C12H20N2. The zero-order chi connectivity index (χ0) is 10.6. The van der Waals surface area contributed by atoms with Crippen LogP contribution in [0.2, 0.25) is 0 Å². The summed E-state index contributed by atoms with van der Waals surface area (Å²) in [5.74, 6) is 0.654. The Bertz CT molecular complexity index is 256. The first kappa shape index (κ1) is 11.2. The van der Waals surface area contributed by atoms with E-state index in [1.807, 2.05) is 18.3 Å². The summed E-state index contributed by atoms with van der Waals surface area (Å²) < 4.78 is 0. The van der Waals surface area contributed by atoms with E-state index in [4.69, 9.17) is 0 Å². The summed E-state index contributed by atoms with van der Waals surface area (Å²) in [5, 5.41) is 3.53. The molecule has 1 aromatic rings. The largest absolute Gasteiger partial charge is 0.306 e. The van der Waals surface area contributed by atoms with Crippen LogP contribution in [0.4, 0.5) is 0 Å². The molecule has 14 heavy (non-hydrogen) atoms. The van der Waals surface area contributed by atoms with Gasteiger partial charge in [-0.3, -0.25) is 4.98 Å². The van der Waals surface area contributed by atoms with Crippen molar-refractivity contribution >= 4 is 0 Å². The van der Waals surface area contributed by atoms with E-state index in [0.29, 0.717) is 18.0 Å². The van der Waals surface area contributed by atoms with Crippen molar-refractivity contribution in [3.63, 3.8) is 0 Å². The molecule has 1 heterocycles. The number of nitrogens with zero attached hydrogens (tertiary/aromatic N) is 1. The predicted molar refractivity (Wildman–Crippen MR) is 60.1 cm³/mol. The Morgan fingerprint density at radius 1 is 1.14 bits per heavy atom. The van der Waals surface area contributed by atoms with Crippen LogP contribution < -0.4 is 5.32 Å². The SMILES string of the molecule is CC(C)[C@@H](C)N[C@@H](C)c1ccccn1. The van der Waals surface area contributed by atoms with Crippen LogP contribution in [-0.4, -0.2) is 11.0 Å². The van der Waals surface area contributed by atoms with Crippen molar-refractivity contribution in [2.45, 2.75) is 39.8 Å². The third kappa shape index (κ3) is 3.11. The normalized spacial score (nSPS) is 15.5. The molecule has 0 aliphatic heterocycles. The van der Waals surface area contributed by atoms with E-state index in [1.54, 1.807) is 0 Å². The van der Waals surface area contributed by atoms with E-state index in [1.165, 1.54) is 0 Å². The van der Waals surface area contributed by atoms with Crippen molar-refractivity contribution in [3.05, 3.63) is 30.1 Å². The summed E-state index contributed by atoms with van der Waals surface area (Å²) in [7, 11) is 0. The third-order valence-corrected chi connectivity index (χ3v) is 2.64. The topological polar surface area (TPSA) is 24.9 Å². The quantitative estimate of drug-likeness (QED) is 0.793. The Labute approximate surface area is 86.8 Å². The van der Waals surface area contributed by atoms with Crippen LogP contribution in [0.25, 0.3) is 0 Å². The van der Waals surface area contributed by atoms with Gasteiger partial charge in [-0.05, 0) is 31.9 Å². The first-order valence-corrected chi connectivity index (χ1v) is 5.28. The molecule has 2 nitrogen and oxygen atoms in total. The van der Waals surface area contributed by atoms with Crippen molar-refractivity contribution in [1.82, 2.24) is 10.3 Å². The van der Waals surface area contributed by atoms with Gasteiger partial charge in [0.2, 0.25) is 0 Å². The molecule has 0 bridgehead atoms. The molecule has 1 rings (SSSR count). The molecule has 0 saturated carbocycles. The van der Waals surface area contributed by atoms with E-state index >= 15 is 0 Å². The summed E-state index contributed by atoms with van der Waals surface area (Å²) >= 11 is 0. The highest BCUT2D eigenvalue weighted by atomic mass is 15.0. The van der Waals surface area contributed by atoms with Gasteiger partial charge in [0.25, 0.3) is 0 Å². The van der Waals surface area contributed by atoms with Gasteiger partial charge in [0, 0.05) is 18.3 Å². The van der Waals surface area contributed by atoms with Crippen molar-refractivity contribution < 1.29 is 0 Å². The molecule has 0 unspecified atom stereocenters. The standard InChI is InChI=1S/C12H20N2/c1-9(2)10(3)14-11(4)12-7-5-6-8-13-12/h5-11,14H,1-4H3/t10-,11+/m1/s1. The van der Waals surface area contributed by atoms with Gasteiger partial charge in [-0.2, -0.15) is 0 Å². The molecule has 0 aromatic carbocycles. The van der Waals surface area contributed by atoms with E-state index in [-0.39, 0.29) is 0 Å². The summed E-state index contributed by atoms with van der Waals surface area (Å²) in [6, 6.07) is 6.88. The fraction of sp³-hybridized carbons (Fsp3) is 0.583. The average molecular weight is 192 g/mol. The van der Waals surface area contributed by atoms with Crippen molar-refractivity contribution in [3.8, 4) is 0 Å². The van der Waals surface area contributed by atoms with Gasteiger partial charge in [0.1, 0.15) is 0 Å². The highest BCUT2D eigenvalue weighted by Crippen LogP contribution is 2.11. The van der Waals surface area contributed by atoms with Crippen LogP contribution in [0, 0.1) is 5.92 Å². The monoisotopic (exact) mass is 192 g/mol. The number of hydrogen-bond donors (Lipinski definition) is 1. The van der Waals surface area contributed by atoms with Crippen LogP contribution in [0.5, 0.6) is 0 Å². The molecule has 0 spiro atoms. The number of rotatable bonds is 4. The molecular weight excluding hydrogens is 172 g/mol. The van der Waals surface area contributed by atoms with Gasteiger partial charge < -0.3 is 5.32 Å². The molecule has 1 N–H and O–H groups in total. The van der Waals surface area contributed by atoms with E-state index < -0.39 is 0 Å². The minimum Gasteiger partial charge on any atom is -0.306 e. The van der Waals surface area contributed by atoms with Gasteiger partial charge >= 0.3 is 0 Å². The molecule has 0 fully saturated rings. The Morgan fingerprint density at radius 3 is 2.36 bits per heavy atom. The zero-order valence-corrected chi connectivity index (χ0v) is 9.49. The Balaban J connectivity index is 2.55. The van der Waals surface area contributed by atoms with E-state index in [0.717, 1.165) is 5.69 Å². The van der Waals surface area contributed by atoms with Gasteiger partial charge in [-0.15, -0.1) is 0 Å². The number of hydrogen-bond acceptors (Lipinski definition) is 2. The summed E-state index contributed by atoms with van der Waals surface area (Å²) in [5.41, 5.74) is 1.11. The summed E-state index contributed by atoms with van der Waals surface area (Å²) in [6.45, 7) is 8.82.